The first-order valence-corrected chi connectivity index (χ1v) is 4.31. The van der Waals surface area contributed by atoms with Crippen LogP contribution in [0.4, 0.5) is 11.5 Å². The minimum absolute atomic E-state index is 0.199. The number of carbonyl (C=O) groups is 1. The van der Waals surface area contributed by atoms with Crippen molar-refractivity contribution in [3.8, 4) is 0 Å². The summed E-state index contributed by atoms with van der Waals surface area (Å²) in [5.74, 6) is -0.705. The van der Waals surface area contributed by atoms with E-state index in [0.29, 0.717) is 0 Å². The van der Waals surface area contributed by atoms with Crippen LogP contribution >= 0.6 is 0 Å². The van der Waals surface area contributed by atoms with Gasteiger partial charge >= 0.3 is 5.69 Å². The maximum absolute atomic E-state index is 11.5. The Balaban J connectivity index is 3.71. The van der Waals surface area contributed by atoms with E-state index >= 15 is 0 Å². The fourth-order valence-corrected chi connectivity index (χ4v) is 1.22. The quantitative estimate of drug-likeness (QED) is 0.682. The van der Waals surface area contributed by atoms with Gasteiger partial charge in [0.25, 0.3) is 5.56 Å². The Morgan fingerprint density at radius 1 is 1.25 bits per heavy atom. The topological polar surface area (TPSA) is 103 Å². The first-order valence-electron chi connectivity index (χ1n) is 4.31. The smallest absolute Gasteiger partial charge is 0.310 e. The van der Waals surface area contributed by atoms with Crippen LogP contribution in [-0.2, 0) is 18.9 Å². The van der Waals surface area contributed by atoms with Crippen molar-refractivity contribution in [3.05, 3.63) is 25.7 Å². The van der Waals surface area contributed by atoms with Crippen molar-refractivity contribution in [1.29, 1.82) is 0 Å². The van der Waals surface area contributed by atoms with Gasteiger partial charge in [0.1, 0.15) is 0 Å². The normalized spacial score (nSPS) is 9.94. The van der Waals surface area contributed by atoms with E-state index in [0.717, 1.165) is 9.13 Å². The van der Waals surface area contributed by atoms with Crippen LogP contribution in [0.25, 0.3) is 0 Å². The second kappa shape index (κ2) is 4.09. The van der Waals surface area contributed by atoms with E-state index in [-0.39, 0.29) is 5.82 Å². The van der Waals surface area contributed by atoms with Gasteiger partial charge in [-0.25, -0.2) is 4.79 Å². The predicted molar refractivity (Wildman–Crippen MR) is 56.7 cm³/mol. The number of hydrogen-bond donors (Lipinski definition) is 1. The zero-order chi connectivity index (χ0) is 12.5. The van der Waals surface area contributed by atoms with E-state index in [1.54, 1.807) is 0 Å². The molecule has 0 unspecified atom stereocenters. The number of carbonyl (C=O) groups excluding carboxylic acids is 1. The molecule has 0 fully saturated rings. The molecule has 0 bridgehead atoms. The SMILES string of the molecule is CC(=O)Nc1c(N=O)c(=O)n(C)c(=O)n1C. The van der Waals surface area contributed by atoms with Crippen LogP contribution in [0.15, 0.2) is 14.8 Å². The molecule has 16 heavy (non-hydrogen) atoms. The van der Waals surface area contributed by atoms with Crippen molar-refractivity contribution >= 4 is 17.4 Å². The van der Waals surface area contributed by atoms with Crippen molar-refractivity contribution in [2.45, 2.75) is 6.92 Å². The third-order valence-corrected chi connectivity index (χ3v) is 2.03. The van der Waals surface area contributed by atoms with Crippen LogP contribution in [0.5, 0.6) is 0 Å². The Morgan fingerprint density at radius 2 is 1.81 bits per heavy atom. The molecule has 86 valence electrons. The number of hydrogen-bond acceptors (Lipinski definition) is 5. The van der Waals surface area contributed by atoms with Gasteiger partial charge in [-0.2, -0.15) is 0 Å². The van der Waals surface area contributed by atoms with Gasteiger partial charge in [0.2, 0.25) is 11.6 Å². The number of rotatable bonds is 2. The van der Waals surface area contributed by atoms with Crippen molar-refractivity contribution < 1.29 is 4.79 Å². The molecule has 0 aliphatic heterocycles. The molecular weight excluding hydrogens is 216 g/mol. The van der Waals surface area contributed by atoms with Gasteiger partial charge in [-0.3, -0.25) is 18.7 Å². The Morgan fingerprint density at radius 3 is 2.25 bits per heavy atom. The maximum Gasteiger partial charge on any atom is 0.332 e. The molecule has 8 nitrogen and oxygen atoms in total. The van der Waals surface area contributed by atoms with Gasteiger partial charge < -0.3 is 5.32 Å². The molecule has 1 rings (SSSR count). The monoisotopic (exact) mass is 226 g/mol. The molecule has 0 aliphatic carbocycles. The molecule has 1 aromatic heterocycles. The molecule has 0 saturated heterocycles. The molecular formula is C8H10N4O4. The Hall–Kier alpha value is -2.25. The molecule has 0 spiro atoms. The van der Waals surface area contributed by atoms with Gasteiger partial charge in [-0.15, -0.1) is 4.91 Å². The molecule has 1 amide bonds. The number of nitrogens with one attached hydrogen (secondary N) is 1. The van der Waals surface area contributed by atoms with Crippen molar-refractivity contribution in [1.82, 2.24) is 9.13 Å². The lowest BCUT2D eigenvalue weighted by atomic mass is 10.4. The summed E-state index contributed by atoms with van der Waals surface area (Å²) in [4.78, 5) is 44.3. The van der Waals surface area contributed by atoms with Crippen LogP contribution < -0.4 is 16.6 Å². The van der Waals surface area contributed by atoms with E-state index in [1.807, 2.05) is 0 Å². The first-order chi connectivity index (χ1) is 7.40. The van der Waals surface area contributed by atoms with Crippen LogP contribution in [-0.4, -0.2) is 15.0 Å². The van der Waals surface area contributed by atoms with Gasteiger partial charge in [0, 0.05) is 21.0 Å². The van der Waals surface area contributed by atoms with Crippen LogP contribution in [0, 0.1) is 4.91 Å². The molecule has 1 heterocycles. The molecule has 0 saturated carbocycles. The number of anilines is 1. The third-order valence-electron chi connectivity index (χ3n) is 2.03. The summed E-state index contributed by atoms with van der Waals surface area (Å²) in [6.45, 7) is 1.19. The summed E-state index contributed by atoms with van der Waals surface area (Å²) >= 11 is 0. The highest BCUT2D eigenvalue weighted by atomic mass is 16.3. The Kier molecular flexibility index (Phi) is 3.02. The minimum Gasteiger partial charge on any atom is -0.310 e. The fraction of sp³-hybridized carbons (Fsp3) is 0.375. The van der Waals surface area contributed by atoms with Crippen LogP contribution in [0.2, 0.25) is 0 Å². The molecule has 1 N–H and O–H groups in total. The van der Waals surface area contributed by atoms with Crippen LogP contribution in [0.1, 0.15) is 6.92 Å². The van der Waals surface area contributed by atoms with Crippen LogP contribution in [0.3, 0.4) is 0 Å². The summed E-state index contributed by atoms with van der Waals surface area (Å²) in [6, 6.07) is 0. The number of nitroso groups, excluding NO2 is 1. The van der Waals surface area contributed by atoms with Gasteiger partial charge in [0.05, 0.1) is 0 Å². The second-order valence-electron chi connectivity index (χ2n) is 3.18. The highest BCUT2D eigenvalue weighted by Gasteiger charge is 2.16. The van der Waals surface area contributed by atoms with Gasteiger partial charge in [0.15, 0.2) is 5.82 Å². The zero-order valence-corrected chi connectivity index (χ0v) is 8.97. The predicted octanol–water partition coefficient (Wildman–Crippen LogP) is -0.560. The summed E-state index contributed by atoms with van der Waals surface area (Å²) in [7, 11) is 2.54. The lowest BCUT2D eigenvalue weighted by Crippen LogP contribution is -2.38. The van der Waals surface area contributed by atoms with Gasteiger partial charge in [-0.05, 0) is 5.18 Å². The van der Waals surface area contributed by atoms with E-state index in [4.69, 9.17) is 0 Å². The summed E-state index contributed by atoms with van der Waals surface area (Å²) in [5.41, 5.74) is -2.00. The maximum atomic E-state index is 11.5. The molecule has 0 radical (unpaired) electrons. The molecule has 8 heteroatoms. The van der Waals surface area contributed by atoms with E-state index in [9.17, 15) is 19.3 Å². The van der Waals surface area contributed by atoms with E-state index in [1.165, 1.54) is 21.0 Å². The average molecular weight is 226 g/mol. The summed E-state index contributed by atoms with van der Waals surface area (Å²) in [5, 5.41) is 4.75. The lowest BCUT2D eigenvalue weighted by molar-refractivity contribution is -0.114. The molecule has 1 aromatic rings. The number of amides is 1. The standard InChI is InChI=1S/C8H10N4O4/c1-4(13)9-6-5(10-16)7(14)12(3)8(15)11(6)2/h1-3H3,(H,9,13). The average Bonchev–Trinajstić information content (AvgIpc) is 2.23. The largest absolute Gasteiger partial charge is 0.332 e. The third kappa shape index (κ3) is 1.76. The zero-order valence-electron chi connectivity index (χ0n) is 8.97. The summed E-state index contributed by atoms with van der Waals surface area (Å²) < 4.78 is 1.71. The van der Waals surface area contributed by atoms with Crippen molar-refractivity contribution in [2.24, 2.45) is 19.3 Å². The highest BCUT2D eigenvalue weighted by Crippen LogP contribution is 2.16. The molecule has 0 atom stereocenters. The number of aromatic nitrogens is 2. The van der Waals surface area contributed by atoms with E-state index in [2.05, 4.69) is 10.5 Å². The Bertz CT molecular complexity index is 569. The Labute approximate surface area is 89.5 Å². The minimum atomic E-state index is -0.846. The lowest BCUT2D eigenvalue weighted by Gasteiger charge is -2.10. The highest BCUT2D eigenvalue weighted by molar-refractivity contribution is 5.90. The fourth-order valence-electron chi connectivity index (χ4n) is 1.22. The van der Waals surface area contributed by atoms with Crippen molar-refractivity contribution in [2.75, 3.05) is 5.32 Å². The van der Waals surface area contributed by atoms with Gasteiger partial charge in [-0.1, -0.05) is 0 Å². The second-order valence-corrected chi connectivity index (χ2v) is 3.18. The number of nitrogens with zero attached hydrogens (tertiary/aromatic N) is 3. The molecule has 0 aliphatic rings. The first kappa shape index (κ1) is 11.8. The summed E-state index contributed by atoms with van der Waals surface area (Å²) in [6.07, 6.45) is 0. The van der Waals surface area contributed by atoms with E-state index < -0.39 is 22.8 Å². The van der Waals surface area contributed by atoms with Crippen molar-refractivity contribution in [3.63, 3.8) is 0 Å². The molecule has 0 aromatic carbocycles.